The van der Waals surface area contributed by atoms with Gasteiger partial charge in [0.2, 0.25) is 0 Å². The predicted molar refractivity (Wildman–Crippen MR) is 106 cm³/mol. The molecule has 0 amide bonds. The molecule has 0 saturated heterocycles. The molecule has 0 fully saturated rings. The van der Waals surface area contributed by atoms with Crippen molar-refractivity contribution < 1.29 is 0 Å². The number of halogens is 1. The van der Waals surface area contributed by atoms with E-state index in [1.807, 2.05) is 30.5 Å². The van der Waals surface area contributed by atoms with Gasteiger partial charge in [-0.05, 0) is 46.0 Å². The first-order valence-electron chi connectivity index (χ1n) is 7.96. The van der Waals surface area contributed by atoms with Gasteiger partial charge in [0.1, 0.15) is 0 Å². The van der Waals surface area contributed by atoms with Crippen LogP contribution >= 0.6 is 15.9 Å². The number of alkyl halides is 1. The third kappa shape index (κ3) is 2.85. The smallest absolute Gasteiger partial charge is 0.0657 e. The number of allylic oxidation sites excluding steroid dienone is 1. The zero-order chi connectivity index (χ0) is 16.4. The Morgan fingerprint density at radius 2 is 1.54 bits per heavy atom. The molecule has 0 aliphatic heterocycles. The Bertz CT molecular complexity index is 926. The molecule has 2 heteroatoms. The third-order valence-corrected chi connectivity index (χ3v) is 5.22. The number of nitrogens with zero attached hydrogens (tertiary/aromatic N) is 1. The van der Waals surface area contributed by atoms with Crippen molar-refractivity contribution in [1.29, 1.82) is 0 Å². The fourth-order valence-corrected chi connectivity index (χ4v) is 3.84. The maximum Gasteiger partial charge on any atom is 0.0657 e. The predicted octanol–water partition coefficient (Wildman–Crippen LogP) is 6.57. The fourth-order valence-electron chi connectivity index (χ4n) is 3.06. The van der Waals surface area contributed by atoms with Crippen molar-refractivity contribution in [2.24, 2.45) is 4.99 Å². The van der Waals surface area contributed by atoms with Crippen molar-refractivity contribution >= 4 is 33.9 Å². The van der Waals surface area contributed by atoms with Gasteiger partial charge < -0.3 is 0 Å². The number of benzene rings is 3. The van der Waals surface area contributed by atoms with Gasteiger partial charge in [0.05, 0.1) is 10.5 Å². The summed E-state index contributed by atoms with van der Waals surface area (Å²) >= 11 is 3.82. The molecule has 3 aromatic rings. The number of aliphatic imine (C=N–C) groups is 1. The van der Waals surface area contributed by atoms with Crippen LogP contribution in [0.4, 0.5) is 5.69 Å². The van der Waals surface area contributed by atoms with Crippen molar-refractivity contribution in [3.63, 3.8) is 0 Å². The maximum atomic E-state index is 4.56. The van der Waals surface area contributed by atoms with Crippen LogP contribution in [-0.2, 0) is 0 Å². The molecular formula is C22H16BrN. The first-order chi connectivity index (χ1) is 11.8. The van der Waals surface area contributed by atoms with E-state index in [1.54, 1.807) is 0 Å². The molecule has 116 valence electrons. The normalized spacial score (nSPS) is 15.8. The molecular weight excluding hydrogens is 358 g/mol. The molecule has 3 aromatic carbocycles. The molecule has 0 radical (unpaired) electrons. The summed E-state index contributed by atoms with van der Waals surface area (Å²) < 4.78 is 0. The Morgan fingerprint density at radius 3 is 2.42 bits per heavy atom. The van der Waals surface area contributed by atoms with Gasteiger partial charge in [-0.15, -0.1) is 0 Å². The minimum Gasteiger partial charge on any atom is -0.257 e. The number of hydrogen-bond donors (Lipinski definition) is 0. The second kappa shape index (κ2) is 6.58. The molecule has 24 heavy (non-hydrogen) atoms. The van der Waals surface area contributed by atoms with Crippen molar-refractivity contribution in [1.82, 2.24) is 0 Å². The summed E-state index contributed by atoms with van der Waals surface area (Å²) in [5.74, 6) is 0. The Labute approximate surface area is 150 Å². The Kier molecular flexibility index (Phi) is 4.14. The third-order valence-electron chi connectivity index (χ3n) is 4.23. The number of fused-ring (bicyclic) bond motifs is 3. The Balaban J connectivity index is 1.57. The second-order valence-corrected chi connectivity index (χ2v) is 6.69. The van der Waals surface area contributed by atoms with Crippen molar-refractivity contribution in [2.45, 2.75) is 4.83 Å². The van der Waals surface area contributed by atoms with Crippen molar-refractivity contribution in [3.8, 4) is 11.1 Å². The van der Waals surface area contributed by atoms with Crippen molar-refractivity contribution in [2.75, 3.05) is 0 Å². The van der Waals surface area contributed by atoms with Crippen LogP contribution < -0.4 is 0 Å². The van der Waals surface area contributed by atoms with Gasteiger partial charge in [-0.1, -0.05) is 82.7 Å². The van der Waals surface area contributed by atoms with Crippen LogP contribution in [0.15, 0.2) is 83.9 Å². The lowest BCUT2D eigenvalue weighted by Gasteiger charge is -2.04. The average Bonchev–Trinajstić information content (AvgIpc) is 2.92. The van der Waals surface area contributed by atoms with E-state index in [1.165, 1.54) is 27.8 Å². The van der Waals surface area contributed by atoms with Gasteiger partial charge in [0.15, 0.2) is 0 Å². The highest BCUT2D eigenvalue weighted by Crippen LogP contribution is 2.48. The van der Waals surface area contributed by atoms with E-state index in [0.717, 1.165) is 5.69 Å². The summed E-state index contributed by atoms with van der Waals surface area (Å²) in [6.07, 6.45) is 5.88. The largest absolute Gasteiger partial charge is 0.257 e. The van der Waals surface area contributed by atoms with Gasteiger partial charge in [0.25, 0.3) is 0 Å². The molecule has 0 N–H and O–H groups in total. The SMILES string of the molecule is BrC1c2ccccc2-c2ccc(N=C/C=C/c3ccccc3)cc21. The van der Waals surface area contributed by atoms with Gasteiger partial charge in [-0.25, -0.2) is 0 Å². The lowest BCUT2D eigenvalue weighted by atomic mass is 10.1. The van der Waals surface area contributed by atoms with Crippen LogP contribution in [-0.4, -0.2) is 6.21 Å². The highest BCUT2D eigenvalue weighted by molar-refractivity contribution is 9.09. The van der Waals surface area contributed by atoms with Gasteiger partial charge in [-0.3, -0.25) is 4.99 Å². The summed E-state index contributed by atoms with van der Waals surface area (Å²) in [4.78, 5) is 4.81. The summed E-state index contributed by atoms with van der Waals surface area (Å²) in [6.45, 7) is 0. The molecule has 4 rings (SSSR count). The lowest BCUT2D eigenvalue weighted by Crippen LogP contribution is -1.84. The quantitative estimate of drug-likeness (QED) is 0.363. The van der Waals surface area contributed by atoms with Crippen LogP contribution in [0, 0.1) is 0 Å². The Morgan fingerprint density at radius 1 is 0.792 bits per heavy atom. The molecule has 1 atom stereocenters. The topological polar surface area (TPSA) is 12.4 Å². The van der Waals surface area contributed by atoms with E-state index >= 15 is 0 Å². The fraction of sp³-hybridized carbons (Fsp3) is 0.0455. The number of rotatable bonds is 3. The molecule has 1 aliphatic rings. The van der Waals surface area contributed by atoms with E-state index in [-0.39, 0.29) is 4.83 Å². The highest BCUT2D eigenvalue weighted by atomic mass is 79.9. The molecule has 0 spiro atoms. The van der Waals surface area contributed by atoms with Crippen LogP contribution in [0.2, 0.25) is 0 Å². The zero-order valence-electron chi connectivity index (χ0n) is 13.1. The molecule has 1 nitrogen and oxygen atoms in total. The first kappa shape index (κ1) is 15.1. The number of hydrogen-bond acceptors (Lipinski definition) is 1. The van der Waals surface area contributed by atoms with E-state index in [2.05, 4.69) is 81.6 Å². The van der Waals surface area contributed by atoms with E-state index in [4.69, 9.17) is 0 Å². The average molecular weight is 374 g/mol. The summed E-state index contributed by atoms with van der Waals surface area (Å²) in [7, 11) is 0. The summed E-state index contributed by atoms with van der Waals surface area (Å²) in [5, 5.41) is 0. The molecule has 0 saturated carbocycles. The van der Waals surface area contributed by atoms with E-state index < -0.39 is 0 Å². The lowest BCUT2D eigenvalue weighted by molar-refractivity contribution is 1.24. The molecule has 1 unspecified atom stereocenters. The van der Waals surface area contributed by atoms with Crippen LogP contribution in [0.25, 0.3) is 17.2 Å². The first-order valence-corrected chi connectivity index (χ1v) is 8.87. The monoisotopic (exact) mass is 373 g/mol. The van der Waals surface area contributed by atoms with Crippen LogP contribution in [0.3, 0.4) is 0 Å². The molecule has 0 heterocycles. The van der Waals surface area contributed by atoms with Gasteiger partial charge >= 0.3 is 0 Å². The van der Waals surface area contributed by atoms with Crippen LogP contribution in [0.5, 0.6) is 0 Å². The minimum atomic E-state index is 0.249. The van der Waals surface area contributed by atoms with Gasteiger partial charge in [-0.2, -0.15) is 0 Å². The van der Waals surface area contributed by atoms with E-state index in [9.17, 15) is 0 Å². The molecule has 1 aliphatic carbocycles. The van der Waals surface area contributed by atoms with Crippen LogP contribution in [0.1, 0.15) is 21.5 Å². The molecule has 0 bridgehead atoms. The maximum absolute atomic E-state index is 4.56. The highest BCUT2D eigenvalue weighted by Gasteiger charge is 2.26. The zero-order valence-corrected chi connectivity index (χ0v) is 14.6. The summed E-state index contributed by atoms with van der Waals surface area (Å²) in [5.41, 5.74) is 7.38. The second-order valence-electron chi connectivity index (χ2n) is 5.77. The minimum absolute atomic E-state index is 0.249. The van der Waals surface area contributed by atoms with E-state index in [0.29, 0.717) is 0 Å². The van der Waals surface area contributed by atoms with Crippen molar-refractivity contribution in [3.05, 3.63) is 95.6 Å². The summed E-state index contributed by atoms with van der Waals surface area (Å²) in [6, 6.07) is 25.2. The Hall–Kier alpha value is -2.45. The standard InChI is InChI=1S/C22H16BrN/c23-22-20-11-5-4-10-18(20)19-13-12-17(15-21(19)22)24-14-6-9-16-7-2-1-3-8-16/h1-15,22H/b9-6+,24-14?. The molecule has 0 aromatic heterocycles. The van der Waals surface area contributed by atoms with Gasteiger partial charge in [0, 0.05) is 6.21 Å².